The maximum atomic E-state index is 5.89. The molecule has 4 heteroatoms. The van der Waals surface area contributed by atoms with Crippen LogP contribution in [0.4, 0.5) is 0 Å². The molecule has 3 N–H and O–H groups in total. The first-order valence-electron chi connectivity index (χ1n) is 7.10. The predicted octanol–water partition coefficient (Wildman–Crippen LogP) is 2.40. The number of hydrogen-bond donors (Lipinski definition) is 2. The number of benzene rings is 1. The van der Waals surface area contributed by atoms with Crippen molar-refractivity contribution in [1.29, 1.82) is 0 Å². The van der Waals surface area contributed by atoms with Gasteiger partial charge in [0.25, 0.3) is 0 Å². The van der Waals surface area contributed by atoms with Crippen molar-refractivity contribution in [2.45, 2.75) is 38.8 Å². The smallest absolute Gasteiger partial charge is 0.119 e. The van der Waals surface area contributed by atoms with E-state index >= 15 is 0 Å². The zero-order valence-electron chi connectivity index (χ0n) is 11.8. The van der Waals surface area contributed by atoms with Crippen LogP contribution in [0.15, 0.2) is 24.3 Å². The zero-order valence-corrected chi connectivity index (χ0v) is 11.8. The molecule has 0 bridgehead atoms. The Morgan fingerprint density at radius 2 is 2.11 bits per heavy atom. The number of nitrogens with two attached hydrogens (primary N) is 1. The van der Waals surface area contributed by atoms with Crippen LogP contribution in [0.2, 0.25) is 0 Å². The van der Waals surface area contributed by atoms with E-state index in [4.69, 9.17) is 15.3 Å². The molecule has 1 fully saturated rings. The molecular formula is C15H24N2O2. The molecule has 106 valence electrons. The summed E-state index contributed by atoms with van der Waals surface area (Å²) in [6.07, 6.45) is 2.61. The van der Waals surface area contributed by atoms with Gasteiger partial charge in [0.2, 0.25) is 0 Å². The normalized spacial score (nSPS) is 18.1. The van der Waals surface area contributed by atoms with E-state index in [1.807, 2.05) is 32.0 Å². The van der Waals surface area contributed by atoms with Gasteiger partial charge in [0.15, 0.2) is 0 Å². The Morgan fingerprint density at radius 1 is 1.32 bits per heavy atom. The fourth-order valence-electron chi connectivity index (χ4n) is 2.47. The Kier molecular flexibility index (Phi) is 5.19. The molecule has 0 radical (unpaired) electrons. The van der Waals surface area contributed by atoms with Gasteiger partial charge >= 0.3 is 0 Å². The highest BCUT2D eigenvalue weighted by Crippen LogP contribution is 2.40. The van der Waals surface area contributed by atoms with Crippen molar-refractivity contribution in [2.75, 3.05) is 13.2 Å². The summed E-state index contributed by atoms with van der Waals surface area (Å²) in [7, 11) is 0. The van der Waals surface area contributed by atoms with Gasteiger partial charge in [0, 0.05) is 6.61 Å². The van der Waals surface area contributed by atoms with Gasteiger partial charge in [0.05, 0.1) is 18.8 Å². The molecule has 4 nitrogen and oxygen atoms in total. The molecule has 0 aromatic heterocycles. The molecule has 1 aromatic rings. The van der Waals surface area contributed by atoms with E-state index < -0.39 is 0 Å². The molecule has 1 aromatic carbocycles. The Labute approximate surface area is 115 Å². The van der Waals surface area contributed by atoms with E-state index in [-0.39, 0.29) is 12.1 Å². The lowest BCUT2D eigenvalue weighted by atomic mass is 9.98. The van der Waals surface area contributed by atoms with Crippen LogP contribution < -0.4 is 16.0 Å². The zero-order chi connectivity index (χ0) is 13.7. The largest absolute Gasteiger partial charge is 0.494 e. The first kappa shape index (κ1) is 14.3. The standard InChI is InChI=1S/C15H24N2O2/c1-3-18-13-7-5-6-12(10-13)14(17-16)15(19-4-2)11-8-9-11/h5-7,10-11,14-15,17H,3-4,8-9,16H2,1-2H3. The van der Waals surface area contributed by atoms with Crippen LogP contribution in [0.1, 0.15) is 38.3 Å². The van der Waals surface area contributed by atoms with Crippen molar-refractivity contribution in [1.82, 2.24) is 5.43 Å². The summed E-state index contributed by atoms with van der Waals surface area (Å²) in [6.45, 7) is 5.39. The molecule has 0 saturated heterocycles. The summed E-state index contributed by atoms with van der Waals surface area (Å²) >= 11 is 0. The average molecular weight is 264 g/mol. The lowest BCUT2D eigenvalue weighted by Crippen LogP contribution is -2.39. The van der Waals surface area contributed by atoms with Gasteiger partial charge in [-0.25, -0.2) is 0 Å². The van der Waals surface area contributed by atoms with Crippen LogP contribution in [-0.2, 0) is 4.74 Å². The van der Waals surface area contributed by atoms with Crippen molar-refractivity contribution >= 4 is 0 Å². The third kappa shape index (κ3) is 3.69. The van der Waals surface area contributed by atoms with E-state index in [0.717, 1.165) is 11.3 Å². The van der Waals surface area contributed by atoms with Crippen LogP contribution in [0.3, 0.4) is 0 Å². The Morgan fingerprint density at radius 3 is 2.68 bits per heavy atom. The van der Waals surface area contributed by atoms with E-state index in [1.54, 1.807) is 0 Å². The summed E-state index contributed by atoms with van der Waals surface area (Å²) in [5.41, 5.74) is 4.04. The van der Waals surface area contributed by atoms with Crippen molar-refractivity contribution in [3.63, 3.8) is 0 Å². The Bertz CT molecular complexity index is 393. The number of hydrazine groups is 1. The summed E-state index contributed by atoms with van der Waals surface area (Å²) in [4.78, 5) is 0. The second-order valence-electron chi connectivity index (χ2n) is 4.91. The number of hydrogen-bond acceptors (Lipinski definition) is 4. The molecule has 2 atom stereocenters. The predicted molar refractivity (Wildman–Crippen MR) is 75.8 cm³/mol. The lowest BCUT2D eigenvalue weighted by Gasteiger charge is -2.27. The summed E-state index contributed by atoms with van der Waals surface area (Å²) < 4.78 is 11.4. The summed E-state index contributed by atoms with van der Waals surface area (Å²) in [6, 6.07) is 8.10. The first-order valence-corrected chi connectivity index (χ1v) is 7.10. The quantitative estimate of drug-likeness (QED) is 0.559. The fourth-order valence-corrected chi connectivity index (χ4v) is 2.47. The minimum atomic E-state index is 0.0212. The van der Waals surface area contributed by atoms with Crippen molar-refractivity contribution in [2.24, 2.45) is 11.8 Å². The van der Waals surface area contributed by atoms with Crippen LogP contribution in [0.25, 0.3) is 0 Å². The van der Waals surface area contributed by atoms with Gasteiger partial charge in [-0.15, -0.1) is 0 Å². The Hall–Kier alpha value is -1.10. The lowest BCUT2D eigenvalue weighted by molar-refractivity contribution is 0.0185. The molecule has 1 aliphatic rings. The highest BCUT2D eigenvalue weighted by atomic mass is 16.5. The van der Waals surface area contributed by atoms with Crippen LogP contribution in [0, 0.1) is 5.92 Å². The highest BCUT2D eigenvalue weighted by Gasteiger charge is 2.37. The maximum Gasteiger partial charge on any atom is 0.119 e. The van der Waals surface area contributed by atoms with E-state index in [9.17, 15) is 0 Å². The van der Waals surface area contributed by atoms with Crippen molar-refractivity contribution < 1.29 is 9.47 Å². The second kappa shape index (κ2) is 6.89. The fraction of sp³-hybridized carbons (Fsp3) is 0.600. The molecule has 1 aliphatic carbocycles. The number of rotatable bonds is 8. The molecule has 0 aliphatic heterocycles. The molecule has 0 heterocycles. The minimum Gasteiger partial charge on any atom is -0.494 e. The number of nitrogens with one attached hydrogen (secondary N) is 1. The molecule has 0 spiro atoms. The van der Waals surface area contributed by atoms with Crippen LogP contribution in [-0.4, -0.2) is 19.3 Å². The maximum absolute atomic E-state index is 5.89. The average Bonchev–Trinajstić information content (AvgIpc) is 3.24. The van der Waals surface area contributed by atoms with E-state index in [1.165, 1.54) is 12.8 Å². The van der Waals surface area contributed by atoms with Crippen molar-refractivity contribution in [3.05, 3.63) is 29.8 Å². The minimum absolute atomic E-state index is 0.0212. The van der Waals surface area contributed by atoms with Gasteiger partial charge in [-0.3, -0.25) is 11.3 Å². The van der Waals surface area contributed by atoms with Crippen LogP contribution in [0.5, 0.6) is 5.75 Å². The molecule has 2 unspecified atom stereocenters. The molecule has 0 amide bonds. The topological polar surface area (TPSA) is 56.5 Å². The first-order chi connectivity index (χ1) is 9.30. The third-order valence-electron chi connectivity index (χ3n) is 3.48. The molecule has 19 heavy (non-hydrogen) atoms. The van der Waals surface area contributed by atoms with E-state index in [0.29, 0.717) is 19.1 Å². The monoisotopic (exact) mass is 264 g/mol. The summed E-state index contributed by atoms with van der Waals surface area (Å²) in [5, 5.41) is 0. The second-order valence-corrected chi connectivity index (χ2v) is 4.91. The third-order valence-corrected chi connectivity index (χ3v) is 3.48. The Balaban J connectivity index is 2.16. The molecular weight excluding hydrogens is 240 g/mol. The number of ether oxygens (including phenoxy) is 2. The summed E-state index contributed by atoms with van der Waals surface area (Å²) in [5.74, 6) is 7.26. The highest BCUT2D eigenvalue weighted by molar-refractivity contribution is 5.31. The van der Waals surface area contributed by atoms with Gasteiger partial charge in [-0.1, -0.05) is 12.1 Å². The SMILES string of the molecule is CCOc1cccc(C(NN)C(OCC)C2CC2)c1. The molecule has 1 saturated carbocycles. The van der Waals surface area contributed by atoms with Crippen LogP contribution >= 0.6 is 0 Å². The van der Waals surface area contributed by atoms with Gasteiger partial charge in [-0.05, 0) is 50.3 Å². The van der Waals surface area contributed by atoms with Gasteiger partial charge < -0.3 is 9.47 Å². The van der Waals surface area contributed by atoms with Gasteiger partial charge in [0.1, 0.15) is 5.75 Å². The van der Waals surface area contributed by atoms with E-state index in [2.05, 4.69) is 11.5 Å². The van der Waals surface area contributed by atoms with Gasteiger partial charge in [-0.2, -0.15) is 0 Å². The molecule has 2 rings (SSSR count). The van der Waals surface area contributed by atoms with Crippen molar-refractivity contribution in [3.8, 4) is 5.75 Å².